The first-order valence-corrected chi connectivity index (χ1v) is 33.8. The van der Waals surface area contributed by atoms with Crippen LogP contribution in [0.3, 0.4) is 0 Å². The number of hydrogen-bond donors (Lipinski definition) is 2. The summed E-state index contributed by atoms with van der Waals surface area (Å²) in [6.45, 7) is 4.02. The SMILES string of the molecule is CS(=O)(=O)N1CCC2(CCCN2c2ccnc(-c3cnc4ccc(C(F)(F)F)cn34)n2)CC1.C[C@H]1CN(c2ccnc(-c3cnc4ccc(C(F)(F)F)cn34)n2)C[C@@H](CNS(C)(=O)=O)C1(F)F.FC(F)(F)c1ccc2ncc(-c3ccnc(N4CCOC(c5cn[nH]c5)C4)n3)n2c1. The van der Waals surface area contributed by atoms with Crippen LogP contribution in [0.1, 0.15) is 61.0 Å². The molecule has 14 rings (SSSR count). The Bertz CT molecular complexity index is 4720. The van der Waals surface area contributed by atoms with Gasteiger partial charge in [0.05, 0.1) is 84.4 Å². The fourth-order valence-corrected chi connectivity index (χ4v) is 13.7. The van der Waals surface area contributed by atoms with Crippen molar-refractivity contribution in [1.82, 2.24) is 77.3 Å². The van der Waals surface area contributed by atoms with E-state index in [0.29, 0.717) is 91.6 Å². The van der Waals surface area contributed by atoms with E-state index in [2.05, 4.69) is 59.7 Å². The van der Waals surface area contributed by atoms with Crippen LogP contribution in [0.25, 0.3) is 51.4 Å². The smallest absolute Gasteiger partial charge is 0.370 e. The number of H-pyrrole nitrogens is 1. The minimum Gasteiger partial charge on any atom is -0.370 e. The number of alkyl halides is 11. The monoisotopic (exact) mass is 1400 g/mol. The Labute approximate surface area is 545 Å². The number of fused-ring (bicyclic) bond motifs is 3. The van der Waals surface area contributed by atoms with Crippen LogP contribution in [0.2, 0.25) is 0 Å². The molecular formula is C60H60F11N19O5S2. The number of sulfonamides is 2. The summed E-state index contributed by atoms with van der Waals surface area (Å²) >= 11 is 0. The predicted octanol–water partition coefficient (Wildman–Crippen LogP) is 9.38. The van der Waals surface area contributed by atoms with Gasteiger partial charge in [-0.25, -0.2) is 79.5 Å². The third-order valence-corrected chi connectivity index (χ3v) is 19.4. The topological polar surface area (TPSA) is 260 Å². The zero-order valence-electron chi connectivity index (χ0n) is 51.6. The first kappa shape index (κ1) is 67.9. The molecule has 4 fully saturated rings. The molecule has 14 heterocycles. The number of imidazole rings is 3. The van der Waals surface area contributed by atoms with Gasteiger partial charge in [-0.3, -0.25) is 18.3 Å². The van der Waals surface area contributed by atoms with Crippen LogP contribution in [0, 0.1) is 11.8 Å². The maximum atomic E-state index is 14.7. The molecule has 10 aromatic rings. The highest BCUT2D eigenvalue weighted by atomic mass is 32.2. The molecule has 0 aliphatic carbocycles. The molecule has 4 aliphatic heterocycles. The van der Waals surface area contributed by atoms with E-state index in [1.165, 1.54) is 79.7 Å². The molecule has 0 amide bonds. The van der Waals surface area contributed by atoms with Crippen LogP contribution >= 0.6 is 0 Å². The minimum absolute atomic E-state index is 0.0514. The van der Waals surface area contributed by atoms with Gasteiger partial charge in [0.25, 0.3) is 5.92 Å². The molecule has 37 heteroatoms. The fourth-order valence-electron chi connectivity index (χ4n) is 12.4. The third kappa shape index (κ3) is 14.6. The number of aromatic nitrogens is 14. The second-order valence-electron chi connectivity index (χ2n) is 23.9. The van der Waals surface area contributed by atoms with E-state index >= 15 is 0 Å². The van der Waals surface area contributed by atoms with Gasteiger partial charge in [0.15, 0.2) is 11.6 Å². The summed E-state index contributed by atoms with van der Waals surface area (Å²) in [6.07, 6.45) is 7.09. The highest BCUT2D eigenvalue weighted by Crippen LogP contribution is 2.43. The number of nitrogens with one attached hydrogen (secondary N) is 2. The largest absolute Gasteiger partial charge is 0.417 e. The standard InChI is InChI=1S/C21H23F3N6O2S.C20H21F5N6O2S.C19H16F3N7O/c1-33(31,32)28-11-7-20(8-12-28)6-2-10-30(20)18-5-9-25-19(27-18)16-13-26-17-4-3-15(14-29(16)17)21(22,23)24;1-12-9-30(10-14(19(12,21)22)7-28-34(2,32)33)17-5-6-26-18(29-17)15-8-27-16-4-3-13(11-31(15)16)20(23,24)25;20-19(21,22)13-1-2-17-24-9-15(29(17)10-13)14-3-4-23-18(27-14)28-5-6-30-16(11-28)12-7-25-26-8-12/h3-5,9,13-14H,2,6-8,10-12H2,1H3;3-6,8,11-12,14,28H,7,9-10H2,1-2H3;1-4,7-10,16H,5-6,11H2,(H,25,26)/t;12-,14+;/m.0./s1. The molecule has 1 unspecified atom stereocenters. The van der Waals surface area contributed by atoms with E-state index in [4.69, 9.17) is 9.72 Å². The molecule has 0 aromatic carbocycles. The van der Waals surface area contributed by atoms with E-state index in [0.717, 1.165) is 68.0 Å². The molecule has 2 N–H and O–H groups in total. The summed E-state index contributed by atoms with van der Waals surface area (Å²) in [4.78, 5) is 44.7. The maximum absolute atomic E-state index is 14.7. The van der Waals surface area contributed by atoms with Crippen molar-refractivity contribution in [3.63, 3.8) is 0 Å². The Kier molecular flexibility index (Phi) is 18.2. The first-order chi connectivity index (χ1) is 45.8. The van der Waals surface area contributed by atoms with Gasteiger partial charge in [0, 0.05) is 106 Å². The Morgan fingerprint density at radius 1 is 0.598 bits per heavy atom. The van der Waals surface area contributed by atoms with Gasteiger partial charge in [0.2, 0.25) is 26.0 Å². The molecular weight excluding hydrogens is 1340 g/mol. The summed E-state index contributed by atoms with van der Waals surface area (Å²) in [5.74, 6) is -3.71. The molecule has 0 saturated carbocycles. The molecule has 24 nitrogen and oxygen atoms in total. The van der Waals surface area contributed by atoms with Crippen molar-refractivity contribution in [3.8, 4) is 34.4 Å². The zero-order chi connectivity index (χ0) is 69.0. The van der Waals surface area contributed by atoms with Crippen molar-refractivity contribution < 1.29 is 69.9 Å². The van der Waals surface area contributed by atoms with Gasteiger partial charge in [-0.05, 0) is 80.3 Å². The quantitative estimate of drug-likeness (QED) is 0.114. The van der Waals surface area contributed by atoms with E-state index in [-0.39, 0.29) is 47.7 Å². The lowest BCUT2D eigenvalue weighted by Gasteiger charge is -2.44. The van der Waals surface area contributed by atoms with Crippen molar-refractivity contribution >= 4 is 54.6 Å². The molecule has 1 spiro atoms. The minimum atomic E-state index is -4.55. The van der Waals surface area contributed by atoms with Crippen LogP contribution in [0.15, 0.2) is 123 Å². The molecule has 4 aliphatic rings. The summed E-state index contributed by atoms with van der Waals surface area (Å²) < 4.78 is 208. The first-order valence-electron chi connectivity index (χ1n) is 30.1. The fraction of sp³-hybridized carbons (Fsp3) is 0.400. The number of nitrogens with zero attached hydrogens (tertiary/aromatic N) is 17. The number of morpholine rings is 1. The molecule has 514 valence electrons. The van der Waals surface area contributed by atoms with E-state index in [1.807, 2.05) is 4.90 Å². The Morgan fingerprint density at radius 3 is 1.67 bits per heavy atom. The number of pyridine rings is 3. The van der Waals surface area contributed by atoms with Crippen molar-refractivity contribution in [2.45, 2.75) is 68.7 Å². The number of anilines is 3. The molecule has 10 aromatic heterocycles. The third-order valence-electron chi connectivity index (χ3n) is 17.4. The van der Waals surface area contributed by atoms with Crippen molar-refractivity contribution in [2.24, 2.45) is 11.8 Å². The second-order valence-corrected chi connectivity index (χ2v) is 27.7. The van der Waals surface area contributed by atoms with Gasteiger partial charge in [0.1, 0.15) is 46.1 Å². The maximum Gasteiger partial charge on any atom is 0.417 e. The number of aromatic amines is 1. The summed E-state index contributed by atoms with van der Waals surface area (Å²) in [6, 6.07) is 11.8. The number of ether oxygens (including phenoxy) is 1. The molecule has 0 radical (unpaired) electrons. The van der Waals surface area contributed by atoms with Crippen LogP contribution in [0.5, 0.6) is 0 Å². The van der Waals surface area contributed by atoms with Crippen LogP contribution in [-0.4, -0.2) is 172 Å². The van der Waals surface area contributed by atoms with Gasteiger partial charge in [-0.1, -0.05) is 6.92 Å². The average Bonchev–Trinajstić information content (AvgIpc) is 1.77. The number of hydrogen-bond acceptors (Lipinski definition) is 18. The predicted molar refractivity (Wildman–Crippen MR) is 331 cm³/mol. The highest BCUT2D eigenvalue weighted by molar-refractivity contribution is 7.88. The van der Waals surface area contributed by atoms with Gasteiger partial charge in [-0.15, -0.1) is 0 Å². The number of rotatable bonds is 11. The van der Waals surface area contributed by atoms with Crippen molar-refractivity contribution in [2.75, 3.05) is 86.2 Å². The van der Waals surface area contributed by atoms with E-state index in [9.17, 15) is 65.1 Å². The van der Waals surface area contributed by atoms with Crippen molar-refractivity contribution in [3.05, 3.63) is 145 Å². The van der Waals surface area contributed by atoms with E-state index < -0.39 is 79.6 Å². The van der Waals surface area contributed by atoms with Crippen LogP contribution < -0.4 is 19.4 Å². The van der Waals surface area contributed by atoms with Gasteiger partial charge in [-0.2, -0.15) is 44.6 Å². The number of piperidine rings is 2. The Balaban J connectivity index is 0.000000139. The average molecular weight is 1400 g/mol. The number of halogens is 11. The van der Waals surface area contributed by atoms with Crippen LogP contribution in [0.4, 0.5) is 65.9 Å². The lowest BCUT2D eigenvalue weighted by Crippen LogP contribution is -2.56. The summed E-state index contributed by atoms with van der Waals surface area (Å²) in [5, 5.41) is 6.72. The summed E-state index contributed by atoms with van der Waals surface area (Å²) in [5.41, 5.74) is 0.902. The lowest BCUT2D eigenvalue weighted by atomic mass is 9.86. The molecule has 0 bridgehead atoms. The molecule has 4 saturated heterocycles. The molecule has 3 atom stereocenters. The Hall–Kier alpha value is -9.07. The second kappa shape index (κ2) is 26.1. The lowest BCUT2D eigenvalue weighted by molar-refractivity contribution is -0.138. The molecule has 97 heavy (non-hydrogen) atoms. The van der Waals surface area contributed by atoms with Crippen molar-refractivity contribution in [1.29, 1.82) is 0 Å². The van der Waals surface area contributed by atoms with E-state index in [1.54, 1.807) is 41.8 Å². The van der Waals surface area contributed by atoms with Crippen LogP contribution in [-0.2, 0) is 43.3 Å². The summed E-state index contributed by atoms with van der Waals surface area (Å²) in [7, 11) is -6.89. The van der Waals surface area contributed by atoms with Gasteiger partial charge < -0.3 is 19.4 Å². The zero-order valence-corrected chi connectivity index (χ0v) is 53.2. The normalized spacial score (nSPS) is 19.5. The van der Waals surface area contributed by atoms with Gasteiger partial charge >= 0.3 is 18.5 Å². The highest BCUT2D eigenvalue weighted by Gasteiger charge is 2.50. The Morgan fingerprint density at radius 2 is 1.13 bits per heavy atom.